The van der Waals surface area contributed by atoms with Gasteiger partial charge >= 0.3 is 0 Å². The average molecular weight is 386 g/mol. The van der Waals surface area contributed by atoms with Crippen molar-refractivity contribution >= 4 is 30.7 Å². The molecule has 140 valence electrons. The summed E-state index contributed by atoms with van der Waals surface area (Å²) in [6.07, 6.45) is 3.63. The fourth-order valence-electron chi connectivity index (χ4n) is 4.88. The van der Waals surface area contributed by atoms with Crippen LogP contribution in [0.25, 0.3) is 0 Å². The van der Waals surface area contributed by atoms with Gasteiger partial charge in [-0.25, -0.2) is 0 Å². The Morgan fingerprint density at radius 3 is 2.24 bits per heavy atom. The first-order valence-electron chi connectivity index (χ1n) is 9.03. The first-order valence-corrected chi connectivity index (χ1v) is 9.03. The highest BCUT2D eigenvalue weighted by molar-refractivity contribution is 5.85. The van der Waals surface area contributed by atoms with Crippen LogP contribution >= 0.6 is 24.8 Å². The van der Waals surface area contributed by atoms with E-state index in [4.69, 9.17) is 5.73 Å². The van der Waals surface area contributed by atoms with E-state index < -0.39 is 0 Å². The summed E-state index contributed by atoms with van der Waals surface area (Å²) < 4.78 is 0. The fraction of sp³-hybridized carbons (Fsp3) is 0.632. The van der Waals surface area contributed by atoms with Crippen LogP contribution in [0.4, 0.5) is 0 Å². The third-order valence-corrected chi connectivity index (χ3v) is 6.20. The Morgan fingerprint density at radius 2 is 1.64 bits per heavy atom. The van der Waals surface area contributed by atoms with Gasteiger partial charge in [-0.3, -0.25) is 9.69 Å². The molecule has 1 amide bonds. The maximum Gasteiger partial charge on any atom is 0.227 e. The molecule has 2 N–H and O–H groups in total. The van der Waals surface area contributed by atoms with Crippen LogP contribution in [0.1, 0.15) is 24.8 Å². The van der Waals surface area contributed by atoms with Crippen LogP contribution in [0.3, 0.4) is 0 Å². The lowest BCUT2D eigenvalue weighted by molar-refractivity contribution is -0.139. The summed E-state index contributed by atoms with van der Waals surface area (Å²) in [5, 5.41) is 0. The van der Waals surface area contributed by atoms with Gasteiger partial charge in [-0.05, 0) is 36.7 Å². The Balaban J connectivity index is 0.00000113. The molecule has 4 rings (SSSR count). The third-order valence-electron chi connectivity index (χ3n) is 6.20. The number of carbonyl (C=O) groups is 1. The Morgan fingerprint density at radius 1 is 1.00 bits per heavy atom. The van der Waals surface area contributed by atoms with Crippen LogP contribution < -0.4 is 5.73 Å². The zero-order valence-electron chi connectivity index (χ0n) is 14.5. The van der Waals surface area contributed by atoms with Crippen LogP contribution in [0.5, 0.6) is 0 Å². The number of carbonyl (C=O) groups excluding carboxylic acids is 1. The largest absolute Gasteiger partial charge is 0.340 e. The number of nitrogens with zero attached hydrogens (tertiary/aromatic N) is 2. The second-order valence-corrected chi connectivity index (χ2v) is 7.52. The summed E-state index contributed by atoms with van der Waals surface area (Å²) in [7, 11) is 0. The van der Waals surface area contributed by atoms with Crippen molar-refractivity contribution in [1.29, 1.82) is 0 Å². The molecule has 1 heterocycles. The molecule has 2 saturated carbocycles. The molecule has 1 saturated heterocycles. The van der Waals surface area contributed by atoms with E-state index in [1.165, 1.54) is 24.8 Å². The van der Waals surface area contributed by atoms with E-state index in [-0.39, 0.29) is 36.8 Å². The molecule has 4 atom stereocenters. The first-order chi connectivity index (χ1) is 11.2. The monoisotopic (exact) mass is 385 g/mol. The number of rotatable bonds is 3. The van der Waals surface area contributed by atoms with Gasteiger partial charge in [0.15, 0.2) is 0 Å². The number of benzene rings is 1. The lowest BCUT2D eigenvalue weighted by Gasteiger charge is -2.38. The van der Waals surface area contributed by atoms with Crippen molar-refractivity contribution in [1.82, 2.24) is 9.80 Å². The van der Waals surface area contributed by atoms with Crippen LogP contribution in [0.2, 0.25) is 0 Å². The lowest BCUT2D eigenvalue weighted by atomic mass is 9.84. The molecule has 6 heteroatoms. The van der Waals surface area contributed by atoms with E-state index in [0.29, 0.717) is 17.7 Å². The van der Waals surface area contributed by atoms with Crippen LogP contribution in [-0.2, 0) is 11.3 Å². The molecule has 25 heavy (non-hydrogen) atoms. The molecule has 0 radical (unpaired) electrons. The van der Waals surface area contributed by atoms with Crippen molar-refractivity contribution in [3.63, 3.8) is 0 Å². The van der Waals surface area contributed by atoms with Gasteiger partial charge in [0.25, 0.3) is 0 Å². The SMILES string of the molecule is Cl.Cl.NC1C2CCC(C2)C1C(=O)N1CCN(Cc2ccccc2)CC1. The maximum absolute atomic E-state index is 12.9. The fourth-order valence-corrected chi connectivity index (χ4v) is 4.88. The third kappa shape index (κ3) is 4.13. The Hall–Kier alpha value is -0.810. The summed E-state index contributed by atoms with van der Waals surface area (Å²) in [5.41, 5.74) is 7.69. The molecule has 3 aliphatic rings. The number of fused-ring (bicyclic) bond motifs is 2. The number of nitrogens with two attached hydrogens (primary N) is 1. The topological polar surface area (TPSA) is 49.6 Å². The summed E-state index contributed by atoms with van der Waals surface area (Å²) >= 11 is 0. The van der Waals surface area contributed by atoms with E-state index in [0.717, 1.165) is 32.7 Å². The Kier molecular flexibility index (Phi) is 7.15. The predicted octanol–water partition coefficient (Wildman–Crippen LogP) is 2.55. The Bertz CT molecular complexity index is 561. The van der Waals surface area contributed by atoms with Crippen molar-refractivity contribution in [3.8, 4) is 0 Å². The molecule has 0 aromatic heterocycles. The van der Waals surface area contributed by atoms with Gasteiger partial charge < -0.3 is 10.6 Å². The summed E-state index contributed by atoms with van der Waals surface area (Å²) in [6, 6.07) is 10.7. The Labute approximate surface area is 162 Å². The molecule has 2 aliphatic carbocycles. The number of amides is 1. The lowest BCUT2D eigenvalue weighted by Crippen LogP contribution is -2.53. The van der Waals surface area contributed by atoms with Crippen LogP contribution in [0.15, 0.2) is 30.3 Å². The predicted molar refractivity (Wildman–Crippen MR) is 105 cm³/mol. The van der Waals surface area contributed by atoms with Gasteiger partial charge in [0.05, 0.1) is 5.92 Å². The molecule has 1 aromatic carbocycles. The zero-order valence-corrected chi connectivity index (χ0v) is 16.2. The summed E-state index contributed by atoms with van der Waals surface area (Å²) in [5.74, 6) is 1.61. The van der Waals surface area contributed by atoms with Crippen molar-refractivity contribution in [3.05, 3.63) is 35.9 Å². The molecule has 2 bridgehead atoms. The second kappa shape index (κ2) is 8.72. The van der Waals surface area contributed by atoms with E-state index >= 15 is 0 Å². The highest BCUT2D eigenvalue weighted by atomic mass is 35.5. The van der Waals surface area contributed by atoms with Gasteiger partial charge in [0, 0.05) is 38.8 Å². The quantitative estimate of drug-likeness (QED) is 0.869. The molecular weight excluding hydrogens is 357 g/mol. The van der Waals surface area contributed by atoms with Gasteiger partial charge in [-0.1, -0.05) is 30.3 Å². The maximum atomic E-state index is 12.9. The smallest absolute Gasteiger partial charge is 0.227 e. The minimum atomic E-state index is 0. The van der Waals surface area contributed by atoms with Crippen LogP contribution in [0, 0.1) is 17.8 Å². The van der Waals surface area contributed by atoms with E-state index in [1.807, 2.05) is 0 Å². The van der Waals surface area contributed by atoms with Crippen molar-refractivity contribution in [2.75, 3.05) is 26.2 Å². The van der Waals surface area contributed by atoms with E-state index in [1.54, 1.807) is 0 Å². The number of piperazine rings is 1. The van der Waals surface area contributed by atoms with E-state index in [2.05, 4.69) is 40.1 Å². The van der Waals surface area contributed by atoms with Gasteiger partial charge in [-0.15, -0.1) is 24.8 Å². The summed E-state index contributed by atoms with van der Waals surface area (Å²) in [6.45, 7) is 4.63. The van der Waals surface area contributed by atoms with Gasteiger partial charge in [-0.2, -0.15) is 0 Å². The minimum Gasteiger partial charge on any atom is -0.340 e. The molecule has 1 aliphatic heterocycles. The average Bonchev–Trinajstić information content (AvgIpc) is 3.17. The standard InChI is InChI=1S/C19H27N3O.2ClH/c20-18-16-7-6-15(12-16)17(18)19(23)22-10-8-21(9-11-22)13-14-4-2-1-3-5-14;;/h1-5,15-18H,6-13,20H2;2*1H. The summed E-state index contributed by atoms with van der Waals surface area (Å²) in [4.78, 5) is 17.4. The normalized spacial score (nSPS) is 31.3. The molecule has 1 aromatic rings. The van der Waals surface area contributed by atoms with Crippen molar-refractivity contribution in [2.24, 2.45) is 23.5 Å². The number of halogens is 2. The van der Waals surface area contributed by atoms with Crippen molar-refractivity contribution in [2.45, 2.75) is 31.8 Å². The number of hydrogen-bond acceptors (Lipinski definition) is 3. The first kappa shape index (κ1) is 20.5. The molecule has 0 spiro atoms. The molecular formula is C19H29Cl2N3O. The molecule has 4 nitrogen and oxygen atoms in total. The molecule has 4 unspecified atom stereocenters. The zero-order chi connectivity index (χ0) is 15.8. The minimum absolute atomic E-state index is 0. The molecule has 3 fully saturated rings. The van der Waals surface area contributed by atoms with Crippen molar-refractivity contribution < 1.29 is 4.79 Å². The highest BCUT2D eigenvalue weighted by Gasteiger charge is 2.50. The van der Waals surface area contributed by atoms with Gasteiger partial charge in [0.1, 0.15) is 0 Å². The highest BCUT2D eigenvalue weighted by Crippen LogP contribution is 2.48. The number of hydrogen-bond donors (Lipinski definition) is 1. The van der Waals surface area contributed by atoms with E-state index in [9.17, 15) is 4.79 Å². The van der Waals surface area contributed by atoms with Crippen LogP contribution in [-0.4, -0.2) is 47.9 Å². The second-order valence-electron chi connectivity index (χ2n) is 7.52. The van der Waals surface area contributed by atoms with Gasteiger partial charge in [0.2, 0.25) is 5.91 Å².